The number of carboxylic acid groups (broad SMARTS) is 1. The molecule has 142 valence electrons. The molecule has 2 atom stereocenters. The lowest BCUT2D eigenvalue weighted by molar-refractivity contribution is -0.110. The standard InChI is InChI=1S/C18H19ClN4O4/c1-4-11-14(19)23-15(20-11)16(24)21-12-6-5-10(7-8(12)2)17-22-13(18(25)26)9(3)27-17/h5-7,11,14H,4H2,1-3H3,(H,20,23)(H,21,24)(H,25,26). The number of amides is 1. The zero-order chi connectivity index (χ0) is 19.7. The molecule has 0 aliphatic carbocycles. The summed E-state index contributed by atoms with van der Waals surface area (Å²) in [6.07, 6.45) is 0.760. The Hall–Kier alpha value is -2.87. The van der Waals surface area contributed by atoms with Crippen molar-refractivity contribution in [3.8, 4) is 11.5 Å². The van der Waals surface area contributed by atoms with Gasteiger partial charge in [0.05, 0.1) is 6.04 Å². The first-order valence-electron chi connectivity index (χ1n) is 8.41. The number of hydrogen-bond acceptors (Lipinski definition) is 6. The van der Waals surface area contributed by atoms with Gasteiger partial charge in [0.2, 0.25) is 5.89 Å². The van der Waals surface area contributed by atoms with E-state index in [1.54, 1.807) is 25.1 Å². The van der Waals surface area contributed by atoms with Crippen molar-refractivity contribution in [2.24, 2.45) is 4.99 Å². The van der Waals surface area contributed by atoms with Gasteiger partial charge in [-0.2, -0.15) is 0 Å². The summed E-state index contributed by atoms with van der Waals surface area (Å²) in [5.41, 5.74) is 1.40. The number of nitrogens with one attached hydrogen (secondary N) is 2. The lowest BCUT2D eigenvalue weighted by atomic mass is 10.1. The van der Waals surface area contributed by atoms with Crippen LogP contribution in [-0.4, -0.2) is 39.3 Å². The van der Waals surface area contributed by atoms with Gasteiger partial charge in [-0.1, -0.05) is 18.5 Å². The van der Waals surface area contributed by atoms with Gasteiger partial charge in [0.25, 0.3) is 5.91 Å². The summed E-state index contributed by atoms with van der Waals surface area (Å²) in [5.74, 6) is -0.856. The summed E-state index contributed by atoms with van der Waals surface area (Å²) < 4.78 is 5.43. The van der Waals surface area contributed by atoms with Crippen molar-refractivity contribution in [1.82, 2.24) is 10.3 Å². The highest BCUT2D eigenvalue weighted by atomic mass is 35.5. The molecule has 2 aromatic rings. The zero-order valence-corrected chi connectivity index (χ0v) is 15.8. The number of rotatable bonds is 5. The molecule has 3 N–H and O–H groups in total. The van der Waals surface area contributed by atoms with Crippen molar-refractivity contribution in [2.75, 3.05) is 5.32 Å². The number of carboxylic acids is 1. The molecular weight excluding hydrogens is 372 g/mol. The van der Waals surface area contributed by atoms with Crippen LogP contribution in [-0.2, 0) is 4.79 Å². The quantitative estimate of drug-likeness (QED) is 0.533. The molecule has 8 nitrogen and oxygen atoms in total. The van der Waals surface area contributed by atoms with Crippen LogP contribution in [0.15, 0.2) is 27.6 Å². The molecule has 1 amide bonds. The van der Waals surface area contributed by atoms with Crippen LogP contribution in [0, 0.1) is 13.8 Å². The van der Waals surface area contributed by atoms with E-state index >= 15 is 0 Å². The van der Waals surface area contributed by atoms with Crippen molar-refractivity contribution in [3.63, 3.8) is 0 Å². The van der Waals surface area contributed by atoms with E-state index in [0.717, 1.165) is 12.0 Å². The third kappa shape index (κ3) is 3.80. The number of benzene rings is 1. The second kappa shape index (κ2) is 7.40. The van der Waals surface area contributed by atoms with Gasteiger partial charge in [-0.05, 0) is 44.0 Å². The topological polar surface area (TPSA) is 117 Å². The number of carbonyl (C=O) groups excluding carboxylic acids is 1. The molecule has 3 rings (SSSR count). The summed E-state index contributed by atoms with van der Waals surface area (Å²) >= 11 is 6.09. The van der Waals surface area contributed by atoms with Crippen LogP contribution in [0.1, 0.15) is 35.2 Å². The highest BCUT2D eigenvalue weighted by Gasteiger charge is 2.29. The van der Waals surface area contributed by atoms with E-state index < -0.39 is 11.5 Å². The van der Waals surface area contributed by atoms with Crippen molar-refractivity contribution in [2.45, 2.75) is 38.7 Å². The Labute approximate surface area is 160 Å². The van der Waals surface area contributed by atoms with E-state index in [1.807, 2.05) is 13.8 Å². The molecule has 1 aliphatic rings. The molecular formula is C18H19ClN4O4. The fourth-order valence-corrected chi connectivity index (χ4v) is 3.09. The summed E-state index contributed by atoms with van der Waals surface area (Å²) in [6.45, 7) is 5.33. The van der Waals surface area contributed by atoms with Crippen LogP contribution in [0.4, 0.5) is 5.69 Å². The van der Waals surface area contributed by atoms with E-state index in [1.165, 1.54) is 0 Å². The number of nitrogens with zero attached hydrogens (tertiary/aromatic N) is 2. The van der Waals surface area contributed by atoms with Crippen molar-refractivity contribution < 1.29 is 19.1 Å². The largest absolute Gasteiger partial charge is 0.476 e. The number of carbonyl (C=O) groups is 2. The molecule has 0 radical (unpaired) electrons. The van der Waals surface area contributed by atoms with Crippen LogP contribution in [0.5, 0.6) is 0 Å². The second-order valence-corrected chi connectivity index (χ2v) is 6.67. The Morgan fingerprint density at radius 1 is 1.37 bits per heavy atom. The van der Waals surface area contributed by atoms with E-state index in [2.05, 4.69) is 20.6 Å². The molecule has 0 saturated heterocycles. The Balaban J connectivity index is 1.78. The normalized spacial score (nSPS) is 18.7. The van der Waals surface area contributed by atoms with E-state index in [-0.39, 0.29) is 35.1 Å². The number of aryl methyl sites for hydroxylation is 2. The smallest absolute Gasteiger partial charge is 0.358 e. The predicted octanol–water partition coefficient (Wildman–Crippen LogP) is 2.94. The van der Waals surface area contributed by atoms with E-state index in [0.29, 0.717) is 11.3 Å². The Morgan fingerprint density at radius 2 is 2.11 bits per heavy atom. The predicted molar refractivity (Wildman–Crippen MR) is 101 cm³/mol. The van der Waals surface area contributed by atoms with Crippen LogP contribution in [0.25, 0.3) is 11.5 Å². The molecule has 1 aliphatic heterocycles. The van der Waals surface area contributed by atoms with Crippen LogP contribution in [0.2, 0.25) is 0 Å². The lowest BCUT2D eigenvalue weighted by Crippen LogP contribution is -2.38. The summed E-state index contributed by atoms with van der Waals surface area (Å²) in [6, 6.07) is 5.10. The Kier molecular flexibility index (Phi) is 5.18. The first-order chi connectivity index (χ1) is 12.8. The summed E-state index contributed by atoms with van der Waals surface area (Å²) in [7, 11) is 0. The molecule has 0 saturated carbocycles. The number of aromatic nitrogens is 1. The highest BCUT2D eigenvalue weighted by Crippen LogP contribution is 2.26. The van der Waals surface area contributed by atoms with Crippen molar-refractivity contribution in [1.29, 1.82) is 0 Å². The zero-order valence-electron chi connectivity index (χ0n) is 15.0. The molecule has 0 fully saturated rings. The minimum atomic E-state index is -1.14. The Morgan fingerprint density at radius 3 is 2.67 bits per heavy atom. The molecule has 27 heavy (non-hydrogen) atoms. The minimum absolute atomic E-state index is 0.0624. The molecule has 2 unspecified atom stereocenters. The number of oxazole rings is 1. The van der Waals surface area contributed by atoms with Crippen molar-refractivity contribution >= 4 is 35.0 Å². The SMILES string of the molecule is CCC1NC(C(=O)Nc2ccc(-c3nc(C(=O)O)c(C)o3)cc2C)=NC1Cl. The maximum atomic E-state index is 12.4. The van der Waals surface area contributed by atoms with Gasteiger partial charge >= 0.3 is 5.97 Å². The number of halogens is 1. The highest BCUT2D eigenvalue weighted by molar-refractivity contribution is 6.43. The fraction of sp³-hybridized carbons (Fsp3) is 0.333. The minimum Gasteiger partial charge on any atom is -0.476 e. The second-order valence-electron chi connectivity index (χ2n) is 6.22. The van der Waals surface area contributed by atoms with Gasteiger partial charge in [0, 0.05) is 11.3 Å². The Bertz CT molecular complexity index is 937. The van der Waals surface area contributed by atoms with Gasteiger partial charge in [-0.15, -0.1) is 0 Å². The van der Waals surface area contributed by atoms with Gasteiger partial charge < -0.3 is 20.2 Å². The van der Waals surface area contributed by atoms with Crippen molar-refractivity contribution in [3.05, 3.63) is 35.2 Å². The number of amidine groups is 1. The molecule has 9 heteroatoms. The van der Waals surface area contributed by atoms with Crippen LogP contribution >= 0.6 is 11.6 Å². The summed E-state index contributed by atoms with van der Waals surface area (Å²) in [5, 5.41) is 14.9. The van der Waals surface area contributed by atoms with E-state index in [9.17, 15) is 9.59 Å². The number of aliphatic imine (C=N–C) groups is 1. The maximum absolute atomic E-state index is 12.4. The fourth-order valence-electron chi connectivity index (χ4n) is 2.75. The number of hydrogen-bond donors (Lipinski definition) is 3. The van der Waals surface area contributed by atoms with Gasteiger partial charge in [-0.25, -0.2) is 14.8 Å². The molecule has 1 aromatic carbocycles. The number of aromatic carboxylic acids is 1. The van der Waals surface area contributed by atoms with E-state index in [4.69, 9.17) is 21.1 Å². The first kappa shape index (κ1) is 18.9. The lowest BCUT2D eigenvalue weighted by Gasteiger charge is -2.12. The maximum Gasteiger partial charge on any atom is 0.358 e. The van der Waals surface area contributed by atoms with Crippen LogP contribution in [0.3, 0.4) is 0 Å². The van der Waals surface area contributed by atoms with Gasteiger partial charge in [0.1, 0.15) is 11.3 Å². The van der Waals surface area contributed by atoms with Gasteiger partial charge in [-0.3, -0.25) is 4.79 Å². The number of anilines is 1. The third-order valence-corrected chi connectivity index (χ3v) is 4.68. The molecule has 0 bridgehead atoms. The first-order valence-corrected chi connectivity index (χ1v) is 8.85. The third-order valence-electron chi connectivity index (χ3n) is 4.28. The number of alkyl halides is 1. The molecule has 0 spiro atoms. The summed E-state index contributed by atoms with van der Waals surface area (Å²) in [4.78, 5) is 31.6. The average molecular weight is 391 g/mol. The molecule has 2 heterocycles. The molecule has 1 aromatic heterocycles. The van der Waals surface area contributed by atoms with Gasteiger partial charge in [0.15, 0.2) is 11.5 Å². The van der Waals surface area contributed by atoms with Crippen LogP contribution < -0.4 is 10.6 Å². The monoisotopic (exact) mass is 390 g/mol. The average Bonchev–Trinajstić information content (AvgIpc) is 3.19.